The van der Waals surface area contributed by atoms with Gasteiger partial charge in [0, 0.05) is 23.5 Å². The Hall–Kier alpha value is -2.34. The molecule has 1 fully saturated rings. The number of fused-ring (bicyclic) bond motifs is 3. The summed E-state index contributed by atoms with van der Waals surface area (Å²) in [7, 11) is 1.64. The van der Waals surface area contributed by atoms with Crippen LogP contribution < -0.4 is 10.3 Å². The lowest BCUT2D eigenvalue weighted by atomic mass is 10.2. The van der Waals surface area contributed by atoms with E-state index < -0.39 is 0 Å². The van der Waals surface area contributed by atoms with Crippen molar-refractivity contribution in [3.05, 3.63) is 34.9 Å². The fraction of sp³-hybridized carbons (Fsp3) is 0.444. The molecule has 0 bridgehead atoms. The van der Waals surface area contributed by atoms with E-state index in [0.29, 0.717) is 23.7 Å². The smallest absolute Gasteiger partial charge is 0.278 e. The highest BCUT2D eigenvalue weighted by molar-refractivity contribution is 6.04. The number of nitrogens with zero attached hydrogens (tertiary/aromatic N) is 3. The van der Waals surface area contributed by atoms with Crippen LogP contribution in [0.4, 0.5) is 0 Å². The topological polar surface area (TPSA) is 63.1 Å². The van der Waals surface area contributed by atoms with Gasteiger partial charge in [-0.3, -0.25) is 14.3 Å². The fourth-order valence-electron chi connectivity index (χ4n) is 3.74. The number of nitrogens with one attached hydrogen (secondary N) is 1. The van der Waals surface area contributed by atoms with Gasteiger partial charge in [-0.15, -0.1) is 0 Å². The molecule has 1 saturated heterocycles. The van der Waals surface area contributed by atoms with E-state index in [-0.39, 0.29) is 5.56 Å². The van der Waals surface area contributed by atoms with E-state index in [1.54, 1.807) is 18.0 Å². The van der Waals surface area contributed by atoms with Gasteiger partial charge in [0.25, 0.3) is 5.56 Å². The molecule has 1 aliphatic heterocycles. The summed E-state index contributed by atoms with van der Waals surface area (Å²) in [5, 5.41) is 0.918. The molecule has 3 aromatic rings. The molecule has 1 aromatic carbocycles. The van der Waals surface area contributed by atoms with Crippen molar-refractivity contribution in [3.8, 4) is 5.75 Å². The molecule has 2 aromatic heterocycles. The summed E-state index contributed by atoms with van der Waals surface area (Å²) in [4.78, 5) is 23.0. The van der Waals surface area contributed by atoms with Gasteiger partial charge in [-0.25, -0.2) is 4.98 Å². The van der Waals surface area contributed by atoms with Crippen LogP contribution >= 0.6 is 0 Å². The van der Waals surface area contributed by atoms with Gasteiger partial charge in [0.05, 0.1) is 20.1 Å². The van der Waals surface area contributed by atoms with Gasteiger partial charge in [-0.2, -0.15) is 0 Å². The number of rotatable bonds is 4. The van der Waals surface area contributed by atoms with Crippen LogP contribution in [0, 0.1) is 0 Å². The van der Waals surface area contributed by atoms with Crippen molar-refractivity contribution < 1.29 is 4.74 Å². The molecule has 0 spiro atoms. The van der Waals surface area contributed by atoms with Crippen LogP contribution in [0.25, 0.3) is 21.9 Å². The Kier molecular flexibility index (Phi) is 3.76. The maximum absolute atomic E-state index is 12.9. The van der Waals surface area contributed by atoms with Gasteiger partial charge in [-0.05, 0) is 37.5 Å². The highest BCUT2D eigenvalue weighted by Crippen LogP contribution is 2.26. The van der Waals surface area contributed by atoms with Crippen molar-refractivity contribution in [2.24, 2.45) is 0 Å². The quantitative estimate of drug-likeness (QED) is 0.801. The monoisotopic (exact) mass is 326 g/mol. The zero-order valence-corrected chi connectivity index (χ0v) is 14.1. The van der Waals surface area contributed by atoms with Gasteiger partial charge in [0.15, 0.2) is 0 Å². The molecule has 4 rings (SSSR count). The lowest BCUT2D eigenvalue weighted by Gasteiger charge is -2.23. The van der Waals surface area contributed by atoms with E-state index in [9.17, 15) is 4.79 Å². The van der Waals surface area contributed by atoms with E-state index in [0.717, 1.165) is 29.6 Å². The Morgan fingerprint density at radius 1 is 1.42 bits per heavy atom. The molecular formula is C18H22N4O2. The molecule has 1 N–H and O–H groups in total. The van der Waals surface area contributed by atoms with E-state index in [4.69, 9.17) is 4.74 Å². The zero-order chi connectivity index (χ0) is 16.7. The van der Waals surface area contributed by atoms with Crippen molar-refractivity contribution in [2.45, 2.75) is 38.9 Å². The predicted molar refractivity (Wildman–Crippen MR) is 94.4 cm³/mol. The van der Waals surface area contributed by atoms with Crippen molar-refractivity contribution >= 4 is 21.9 Å². The average molecular weight is 326 g/mol. The first-order chi connectivity index (χ1) is 11.7. The Morgan fingerprint density at radius 3 is 3.08 bits per heavy atom. The minimum Gasteiger partial charge on any atom is -0.497 e. The minimum absolute atomic E-state index is 0.0167. The van der Waals surface area contributed by atoms with Gasteiger partial charge < -0.3 is 9.72 Å². The van der Waals surface area contributed by atoms with E-state index in [1.165, 1.54) is 12.8 Å². The summed E-state index contributed by atoms with van der Waals surface area (Å²) >= 11 is 0. The fourth-order valence-corrected chi connectivity index (χ4v) is 3.74. The van der Waals surface area contributed by atoms with Gasteiger partial charge in [0.2, 0.25) is 0 Å². The number of likely N-dealkylation sites (tertiary alicyclic amines) is 1. The third-order valence-corrected chi connectivity index (χ3v) is 5.08. The molecule has 1 aliphatic rings. The van der Waals surface area contributed by atoms with Crippen LogP contribution in [0.15, 0.2) is 29.3 Å². The normalized spacial score (nSPS) is 18.7. The number of H-pyrrole nitrogens is 1. The maximum Gasteiger partial charge on any atom is 0.278 e. The maximum atomic E-state index is 12.9. The van der Waals surface area contributed by atoms with Crippen LogP contribution in [0.1, 0.15) is 26.2 Å². The first kappa shape index (κ1) is 15.2. The minimum atomic E-state index is -0.0167. The molecule has 0 radical (unpaired) electrons. The number of benzene rings is 1. The SMILES string of the molecule is CC[C@H]1CCCN1Cn1cnc2c([nH]c3ccc(OC)cc32)c1=O. The molecule has 6 heteroatoms. The van der Waals surface area contributed by atoms with E-state index in [2.05, 4.69) is 21.8 Å². The summed E-state index contributed by atoms with van der Waals surface area (Å²) in [5.41, 5.74) is 2.16. The third-order valence-electron chi connectivity index (χ3n) is 5.08. The molecule has 1 atom stereocenters. The molecule has 3 heterocycles. The summed E-state index contributed by atoms with van der Waals surface area (Å²) in [6.07, 6.45) is 5.21. The largest absolute Gasteiger partial charge is 0.497 e. The molecule has 24 heavy (non-hydrogen) atoms. The summed E-state index contributed by atoms with van der Waals surface area (Å²) in [5.74, 6) is 0.761. The Labute approximate surface area is 140 Å². The van der Waals surface area contributed by atoms with Crippen LogP contribution in [0.2, 0.25) is 0 Å². The Morgan fingerprint density at radius 2 is 2.29 bits per heavy atom. The van der Waals surface area contributed by atoms with Crippen LogP contribution in [-0.2, 0) is 6.67 Å². The van der Waals surface area contributed by atoms with Crippen molar-refractivity contribution in [3.63, 3.8) is 0 Å². The van der Waals surface area contributed by atoms with E-state index >= 15 is 0 Å². The zero-order valence-electron chi connectivity index (χ0n) is 14.1. The van der Waals surface area contributed by atoms with Gasteiger partial charge in [0.1, 0.15) is 16.8 Å². The number of hydrogen-bond donors (Lipinski definition) is 1. The number of ether oxygens (including phenoxy) is 1. The predicted octanol–water partition coefficient (Wildman–Crippen LogP) is 2.72. The second-order valence-corrected chi connectivity index (χ2v) is 6.44. The molecule has 6 nitrogen and oxygen atoms in total. The standard InChI is InChI=1S/C18H22N4O2/c1-3-12-5-4-8-21(12)11-22-10-19-16-14-9-13(24-2)6-7-15(14)20-17(16)18(22)23/h6-7,9-10,12,20H,3-5,8,11H2,1-2H3/t12-/m0/s1. The van der Waals surface area contributed by atoms with Gasteiger partial charge in [-0.1, -0.05) is 6.92 Å². The summed E-state index contributed by atoms with van der Waals surface area (Å²) < 4.78 is 6.99. The number of aromatic amines is 1. The highest BCUT2D eigenvalue weighted by atomic mass is 16.5. The summed E-state index contributed by atoms with van der Waals surface area (Å²) in [6.45, 7) is 3.87. The second-order valence-electron chi connectivity index (χ2n) is 6.44. The third kappa shape index (κ3) is 2.38. The molecule has 0 aliphatic carbocycles. The molecule has 0 unspecified atom stereocenters. The first-order valence-corrected chi connectivity index (χ1v) is 8.50. The average Bonchev–Trinajstić information content (AvgIpc) is 3.21. The number of aromatic nitrogens is 3. The van der Waals surface area contributed by atoms with Crippen LogP contribution in [0.3, 0.4) is 0 Å². The second kappa shape index (κ2) is 5.94. The van der Waals surface area contributed by atoms with Crippen LogP contribution in [-0.4, -0.2) is 39.1 Å². The van der Waals surface area contributed by atoms with Crippen LogP contribution in [0.5, 0.6) is 5.75 Å². The number of hydrogen-bond acceptors (Lipinski definition) is 4. The highest BCUT2D eigenvalue weighted by Gasteiger charge is 2.23. The van der Waals surface area contributed by atoms with Crippen molar-refractivity contribution in [1.82, 2.24) is 19.4 Å². The first-order valence-electron chi connectivity index (χ1n) is 8.50. The lowest BCUT2D eigenvalue weighted by molar-refractivity contribution is 0.193. The molecule has 126 valence electrons. The van der Waals surface area contributed by atoms with E-state index in [1.807, 2.05) is 18.2 Å². The van der Waals surface area contributed by atoms with Gasteiger partial charge >= 0.3 is 0 Å². The molecule has 0 amide bonds. The molecule has 0 saturated carbocycles. The molecular weight excluding hydrogens is 304 g/mol. The Balaban J connectivity index is 1.77. The lowest BCUT2D eigenvalue weighted by Crippen LogP contribution is -2.35. The summed E-state index contributed by atoms with van der Waals surface area (Å²) in [6, 6.07) is 6.29. The van der Waals surface area contributed by atoms with Crippen molar-refractivity contribution in [1.29, 1.82) is 0 Å². The Bertz CT molecular complexity index is 943. The van der Waals surface area contributed by atoms with Crippen molar-refractivity contribution in [2.75, 3.05) is 13.7 Å². The number of methoxy groups -OCH3 is 1.